The number of hydrogen-bond acceptors (Lipinski definition) is 4. The zero-order valence-electron chi connectivity index (χ0n) is 22.1. The summed E-state index contributed by atoms with van der Waals surface area (Å²) in [5.74, 6) is -0.244. The van der Waals surface area contributed by atoms with Gasteiger partial charge in [-0.3, -0.25) is 0 Å². The largest absolute Gasteiger partial charge is 0.496 e. The van der Waals surface area contributed by atoms with E-state index < -0.39 is 5.54 Å². The highest BCUT2D eigenvalue weighted by Crippen LogP contribution is 2.38. The molecule has 4 aromatic rings. The third-order valence-electron chi connectivity index (χ3n) is 6.67. The molecule has 0 fully saturated rings. The summed E-state index contributed by atoms with van der Waals surface area (Å²) in [5.41, 5.74) is 6.59. The quantitative estimate of drug-likeness (QED) is 0.254. The summed E-state index contributed by atoms with van der Waals surface area (Å²) in [5, 5.41) is 13.6. The Kier molecular flexibility index (Phi) is 7.48. The molecule has 2 heterocycles. The zero-order valence-corrected chi connectivity index (χ0v) is 22.1. The first-order valence-electron chi connectivity index (χ1n) is 12.2. The number of fused-ring (bicyclic) bond motifs is 1. The number of aryl methyl sites for hydroxylation is 1. The minimum absolute atomic E-state index is 0.0173. The van der Waals surface area contributed by atoms with Crippen LogP contribution in [0.1, 0.15) is 37.5 Å². The molecule has 0 aliphatic carbocycles. The van der Waals surface area contributed by atoms with E-state index in [1.807, 2.05) is 46.0 Å². The Balaban J connectivity index is 1.78. The zero-order chi connectivity index (χ0) is 26.9. The van der Waals surface area contributed by atoms with Gasteiger partial charge < -0.3 is 20.1 Å². The Morgan fingerprint density at radius 2 is 1.86 bits per heavy atom. The molecule has 0 atom stereocenters. The lowest BCUT2D eigenvalue weighted by Gasteiger charge is -2.23. The van der Waals surface area contributed by atoms with Gasteiger partial charge in [0, 0.05) is 52.6 Å². The van der Waals surface area contributed by atoms with Crippen LogP contribution in [0.5, 0.6) is 5.75 Å². The van der Waals surface area contributed by atoms with Crippen molar-refractivity contribution in [3.05, 3.63) is 76.6 Å². The van der Waals surface area contributed by atoms with Crippen LogP contribution in [-0.4, -0.2) is 40.9 Å². The maximum absolute atomic E-state index is 14.8. The lowest BCUT2D eigenvalue weighted by atomic mass is 9.94. The molecule has 37 heavy (non-hydrogen) atoms. The molecule has 194 valence electrons. The van der Waals surface area contributed by atoms with Gasteiger partial charge in [0.25, 0.3) is 0 Å². The number of pyridine rings is 1. The van der Waals surface area contributed by atoms with Crippen molar-refractivity contribution in [2.75, 3.05) is 20.3 Å². The molecule has 4 rings (SSSR count). The van der Waals surface area contributed by atoms with Crippen molar-refractivity contribution in [2.24, 2.45) is 0 Å². The summed E-state index contributed by atoms with van der Waals surface area (Å²) in [7, 11) is 1.51. The number of aliphatic hydroxyl groups excluding tert-OH is 1. The van der Waals surface area contributed by atoms with E-state index in [0.29, 0.717) is 23.5 Å². The van der Waals surface area contributed by atoms with Crippen LogP contribution in [0.2, 0.25) is 0 Å². The molecule has 0 aliphatic rings. The number of aromatic nitrogens is 2. The van der Waals surface area contributed by atoms with Gasteiger partial charge in [0.05, 0.1) is 13.7 Å². The van der Waals surface area contributed by atoms with Gasteiger partial charge in [-0.2, -0.15) is 0 Å². The molecule has 0 unspecified atom stereocenters. The molecule has 2 aromatic carbocycles. The summed E-state index contributed by atoms with van der Waals surface area (Å²) in [6.07, 6.45) is 5.51. The number of rotatable bonds is 8. The van der Waals surface area contributed by atoms with Crippen molar-refractivity contribution in [1.82, 2.24) is 15.3 Å². The van der Waals surface area contributed by atoms with Crippen LogP contribution in [0.15, 0.2) is 48.3 Å². The molecule has 0 radical (unpaired) electrons. The maximum atomic E-state index is 14.8. The van der Waals surface area contributed by atoms with E-state index in [2.05, 4.69) is 15.3 Å². The van der Waals surface area contributed by atoms with E-state index in [1.54, 1.807) is 19.2 Å². The molecular weight excluding hydrogens is 472 g/mol. The number of nitrogens with one attached hydrogen (secondary N) is 2. The van der Waals surface area contributed by atoms with Crippen LogP contribution in [0.4, 0.5) is 8.78 Å². The summed E-state index contributed by atoms with van der Waals surface area (Å²) in [4.78, 5) is 7.76. The van der Waals surface area contributed by atoms with E-state index in [-0.39, 0.29) is 18.2 Å². The fourth-order valence-corrected chi connectivity index (χ4v) is 4.32. The second kappa shape index (κ2) is 10.4. The SMILES string of the molecule is COc1cc(F)c(C)cc1-c1c[nH]c2ncc(-c3cc(F)cc(C=C(C)CNC(C)(C)CO)c3C)cc12. The van der Waals surface area contributed by atoms with Crippen molar-refractivity contribution < 1.29 is 18.6 Å². The smallest absolute Gasteiger partial charge is 0.137 e. The summed E-state index contributed by atoms with van der Waals surface area (Å²) in [6.45, 7) is 10.1. The molecule has 2 aromatic heterocycles. The van der Waals surface area contributed by atoms with E-state index in [4.69, 9.17) is 4.74 Å². The van der Waals surface area contributed by atoms with Crippen LogP contribution in [0.25, 0.3) is 39.4 Å². The van der Waals surface area contributed by atoms with Crippen molar-refractivity contribution >= 4 is 17.1 Å². The highest BCUT2D eigenvalue weighted by molar-refractivity contribution is 5.97. The van der Waals surface area contributed by atoms with Gasteiger partial charge in [-0.1, -0.05) is 11.6 Å². The Morgan fingerprint density at radius 3 is 2.57 bits per heavy atom. The second-order valence-electron chi connectivity index (χ2n) is 10.2. The maximum Gasteiger partial charge on any atom is 0.137 e. The van der Waals surface area contributed by atoms with Crippen LogP contribution >= 0.6 is 0 Å². The van der Waals surface area contributed by atoms with Crippen molar-refractivity contribution in [3.63, 3.8) is 0 Å². The lowest BCUT2D eigenvalue weighted by molar-refractivity contribution is 0.192. The van der Waals surface area contributed by atoms with Crippen LogP contribution in [0.3, 0.4) is 0 Å². The number of halogens is 2. The van der Waals surface area contributed by atoms with Gasteiger partial charge in [-0.25, -0.2) is 13.8 Å². The first-order chi connectivity index (χ1) is 17.5. The summed E-state index contributed by atoms with van der Waals surface area (Å²) < 4.78 is 34.4. The normalized spacial score (nSPS) is 12.4. The topological polar surface area (TPSA) is 70.2 Å². The molecule has 0 spiro atoms. The predicted molar refractivity (Wildman–Crippen MR) is 146 cm³/mol. The Morgan fingerprint density at radius 1 is 1.11 bits per heavy atom. The van der Waals surface area contributed by atoms with Gasteiger partial charge in [-0.05, 0) is 81.1 Å². The molecular formula is C30H33F2N3O2. The minimum Gasteiger partial charge on any atom is -0.496 e. The number of aliphatic hydroxyl groups is 1. The predicted octanol–water partition coefficient (Wildman–Crippen LogP) is 6.56. The first-order valence-corrected chi connectivity index (χ1v) is 12.2. The third kappa shape index (κ3) is 5.58. The Bertz CT molecular complexity index is 1490. The average Bonchev–Trinajstić information content (AvgIpc) is 3.29. The van der Waals surface area contributed by atoms with Gasteiger partial charge in [0.1, 0.15) is 23.0 Å². The molecule has 0 saturated heterocycles. The summed E-state index contributed by atoms with van der Waals surface area (Å²) >= 11 is 0. The van der Waals surface area contributed by atoms with Gasteiger partial charge >= 0.3 is 0 Å². The van der Waals surface area contributed by atoms with Crippen LogP contribution in [0, 0.1) is 25.5 Å². The molecule has 0 amide bonds. The number of aromatic amines is 1. The monoisotopic (exact) mass is 505 g/mol. The number of nitrogens with zero attached hydrogens (tertiary/aromatic N) is 1. The third-order valence-corrected chi connectivity index (χ3v) is 6.67. The Hall–Kier alpha value is -3.55. The molecule has 5 nitrogen and oxygen atoms in total. The van der Waals surface area contributed by atoms with Crippen molar-refractivity contribution in [1.29, 1.82) is 0 Å². The average molecular weight is 506 g/mol. The van der Waals surface area contributed by atoms with Gasteiger partial charge in [0.2, 0.25) is 0 Å². The molecule has 0 aliphatic heterocycles. The van der Waals surface area contributed by atoms with Crippen LogP contribution in [-0.2, 0) is 0 Å². The highest BCUT2D eigenvalue weighted by atomic mass is 19.1. The number of benzene rings is 2. The van der Waals surface area contributed by atoms with E-state index in [1.165, 1.54) is 25.3 Å². The van der Waals surface area contributed by atoms with Gasteiger partial charge in [-0.15, -0.1) is 0 Å². The first kappa shape index (κ1) is 26.5. The van der Waals surface area contributed by atoms with E-state index in [9.17, 15) is 13.9 Å². The number of ether oxygens (including phenoxy) is 1. The molecule has 0 bridgehead atoms. The van der Waals surface area contributed by atoms with Crippen molar-refractivity contribution in [2.45, 2.75) is 40.2 Å². The van der Waals surface area contributed by atoms with Crippen molar-refractivity contribution in [3.8, 4) is 28.0 Å². The standard InChI is InChI=1S/C30H33F2N3O2/c1-17(13-35-30(4,5)16-36)7-20-9-22(31)11-23(19(20)3)21-10-25-26(15-34-29(25)33-14-21)24-8-18(2)27(32)12-28(24)37-6/h7-12,14-15,35-36H,13,16H2,1-6H3,(H,33,34). The van der Waals surface area contributed by atoms with E-state index in [0.717, 1.165) is 44.3 Å². The number of hydrogen-bond donors (Lipinski definition) is 3. The Labute approximate surface area is 216 Å². The molecule has 0 saturated carbocycles. The van der Waals surface area contributed by atoms with Crippen LogP contribution < -0.4 is 10.1 Å². The number of methoxy groups -OCH3 is 1. The fourth-order valence-electron chi connectivity index (χ4n) is 4.32. The second-order valence-corrected chi connectivity index (χ2v) is 10.2. The van der Waals surface area contributed by atoms with Gasteiger partial charge in [0.15, 0.2) is 0 Å². The molecule has 3 N–H and O–H groups in total. The lowest BCUT2D eigenvalue weighted by Crippen LogP contribution is -2.43. The summed E-state index contributed by atoms with van der Waals surface area (Å²) in [6, 6.07) is 8.16. The molecule has 7 heteroatoms. The minimum atomic E-state index is -0.404. The van der Waals surface area contributed by atoms with E-state index >= 15 is 0 Å². The fraction of sp³-hybridized carbons (Fsp3) is 0.300. The number of H-pyrrole nitrogens is 1. The highest BCUT2D eigenvalue weighted by Gasteiger charge is 2.17.